The van der Waals surface area contributed by atoms with Gasteiger partial charge in [0.1, 0.15) is 0 Å². The van der Waals surface area contributed by atoms with Crippen LogP contribution in [0.4, 0.5) is 4.39 Å². The lowest BCUT2D eigenvalue weighted by Gasteiger charge is -2.04. The van der Waals surface area contributed by atoms with Crippen molar-refractivity contribution in [3.63, 3.8) is 0 Å². The number of pyridine rings is 1. The quantitative estimate of drug-likeness (QED) is 0.800. The Labute approximate surface area is 96.7 Å². The lowest BCUT2D eigenvalue weighted by Crippen LogP contribution is -2.24. The van der Waals surface area contributed by atoms with Crippen molar-refractivity contribution in [3.05, 3.63) is 53.9 Å². The van der Waals surface area contributed by atoms with Crippen LogP contribution in [0.2, 0.25) is 0 Å². The van der Waals surface area contributed by atoms with E-state index in [4.69, 9.17) is 0 Å². The van der Waals surface area contributed by atoms with E-state index in [0.29, 0.717) is 5.69 Å². The molecule has 0 aliphatic rings. The number of nitrogens with one attached hydrogen (secondary N) is 1. The summed E-state index contributed by atoms with van der Waals surface area (Å²) in [6.45, 7) is 0.195. The molecule has 5 nitrogen and oxygen atoms in total. The monoisotopic (exact) mass is 232 g/mol. The summed E-state index contributed by atoms with van der Waals surface area (Å²) < 4.78 is 13.2. The second-order valence-corrected chi connectivity index (χ2v) is 3.24. The summed E-state index contributed by atoms with van der Waals surface area (Å²) in [4.78, 5) is 15.0. The van der Waals surface area contributed by atoms with Gasteiger partial charge in [0.05, 0.1) is 17.8 Å². The minimum absolute atomic E-state index is 0.0867. The summed E-state index contributed by atoms with van der Waals surface area (Å²) in [6.07, 6.45) is 2.82. The molecule has 0 radical (unpaired) electrons. The topological polar surface area (TPSA) is 67.8 Å². The number of amides is 1. The lowest BCUT2D eigenvalue weighted by molar-refractivity contribution is 0.0945. The Bertz CT molecular complexity index is 518. The van der Waals surface area contributed by atoms with Gasteiger partial charge in [0, 0.05) is 12.4 Å². The van der Waals surface area contributed by atoms with Crippen LogP contribution in [0.5, 0.6) is 0 Å². The molecule has 0 aliphatic heterocycles. The SMILES string of the molecule is O=C(NCc1cccnn1)c1cccnc1F. The Hall–Kier alpha value is -2.37. The molecule has 2 heterocycles. The van der Waals surface area contributed by atoms with Crippen molar-refractivity contribution in [1.82, 2.24) is 20.5 Å². The van der Waals surface area contributed by atoms with Crippen LogP contribution in [0.1, 0.15) is 16.1 Å². The zero-order valence-electron chi connectivity index (χ0n) is 8.80. The fourth-order valence-corrected chi connectivity index (χ4v) is 1.25. The van der Waals surface area contributed by atoms with Gasteiger partial charge in [0.25, 0.3) is 5.91 Å². The van der Waals surface area contributed by atoms with E-state index in [9.17, 15) is 9.18 Å². The summed E-state index contributed by atoms with van der Waals surface area (Å²) in [7, 11) is 0. The predicted molar refractivity (Wildman–Crippen MR) is 57.4 cm³/mol. The van der Waals surface area contributed by atoms with Crippen molar-refractivity contribution in [2.45, 2.75) is 6.54 Å². The number of nitrogens with zero attached hydrogens (tertiary/aromatic N) is 3. The number of hydrogen-bond acceptors (Lipinski definition) is 4. The average molecular weight is 232 g/mol. The fraction of sp³-hybridized carbons (Fsp3) is 0.0909. The van der Waals surface area contributed by atoms with Gasteiger partial charge in [-0.1, -0.05) is 0 Å². The normalized spacial score (nSPS) is 9.94. The first-order valence-corrected chi connectivity index (χ1v) is 4.92. The number of hydrogen-bond donors (Lipinski definition) is 1. The zero-order valence-corrected chi connectivity index (χ0v) is 8.80. The van der Waals surface area contributed by atoms with Crippen LogP contribution < -0.4 is 5.32 Å². The van der Waals surface area contributed by atoms with Gasteiger partial charge in [-0.05, 0) is 24.3 Å². The highest BCUT2D eigenvalue weighted by Crippen LogP contribution is 2.03. The molecule has 0 bridgehead atoms. The van der Waals surface area contributed by atoms with E-state index in [2.05, 4.69) is 20.5 Å². The first kappa shape index (κ1) is 11.1. The zero-order chi connectivity index (χ0) is 12.1. The van der Waals surface area contributed by atoms with Crippen LogP contribution >= 0.6 is 0 Å². The third kappa shape index (κ3) is 2.81. The summed E-state index contributed by atoms with van der Waals surface area (Å²) in [6, 6.07) is 6.29. The Morgan fingerprint density at radius 2 is 2.12 bits per heavy atom. The Balaban J connectivity index is 2.01. The molecule has 0 atom stereocenters. The lowest BCUT2D eigenvalue weighted by atomic mass is 10.2. The van der Waals surface area contributed by atoms with Crippen LogP contribution in [0.3, 0.4) is 0 Å². The van der Waals surface area contributed by atoms with E-state index in [1.54, 1.807) is 12.1 Å². The smallest absolute Gasteiger partial charge is 0.256 e. The highest BCUT2D eigenvalue weighted by molar-refractivity contribution is 5.93. The van der Waals surface area contributed by atoms with Gasteiger partial charge in [-0.15, -0.1) is 0 Å². The second-order valence-electron chi connectivity index (χ2n) is 3.24. The van der Waals surface area contributed by atoms with Gasteiger partial charge in [0.2, 0.25) is 5.95 Å². The van der Waals surface area contributed by atoms with Crippen LogP contribution in [0.15, 0.2) is 36.7 Å². The molecule has 2 aromatic heterocycles. The maximum absolute atomic E-state index is 13.2. The maximum atomic E-state index is 13.2. The minimum Gasteiger partial charge on any atom is -0.346 e. The first-order valence-electron chi connectivity index (χ1n) is 4.92. The number of carbonyl (C=O) groups excluding carboxylic acids is 1. The first-order chi connectivity index (χ1) is 8.27. The van der Waals surface area contributed by atoms with E-state index in [1.807, 2.05) is 0 Å². The summed E-state index contributed by atoms with van der Waals surface area (Å²) >= 11 is 0. The van der Waals surface area contributed by atoms with Crippen molar-refractivity contribution in [2.75, 3.05) is 0 Å². The van der Waals surface area contributed by atoms with Gasteiger partial charge in [-0.3, -0.25) is 4.79 Å². The van der Waals surface area contributed by atoms with Crippen molar-refractivity contribution in [3.8, 4) is 0 Å². The third-order valence-electron chi connectivity index (χ3n) is 2.06. The van der Waals surface area contributed by atoms with Crippen LogP contribution in [-0.4, -0.2) is 21.1 Å². The summed E-state index contributed by atoms with van der Waals surface area (Å²) in [5.74, 6) is -1.31. The van der Waals surface area contributed by atoms with E-state index >= 15 is 0 Å². The molecule has 1 N–H and O–H groups in total. The average Bonchev–Trinajstić information content (AvgIpc) is 2.38. The van der Waals surface area contributed by atoms with Crippen LogP contribution in [0, 0.1) is 5.95 Å². The maximum Gasteiger partial charge on any atom is 0.256 e. The van der Waals surface area contributed by atoms with E-state index in [-0.39, 0.29) is 12.1 Å². The fourth-order valence-electron chi connectivity index (χ4n) is 1.25. The van der Waals surface area contributed by atoms with Gasteiger partial charge < -0.3 is 5.32 Å². The van der Waals surface area contributed by atoms with Crippen LogP contribution in [-0.2, 0) is 6.54 Å². The van der Waals surface area contributed by atoms with Crippen LogP contribution in [0.25, 0.3) is 0 Å². The van der Waals surface area contributed by atoms with E-state index < -0.39 is 11.9 Å². The molecular weight excluding hydrogens is 223 g/mol. The van der Waals surface area contributed by atoms with Gasteiger partial charge in [-0.25, -0.2) is 4.98 Å². The summed E-state index contributed by atoms with van der Waals surface area (Å²) in [5, 5.41) is 9.99. The van der Waals surface area contributed by atoms with Crippen molar-refractivity contribution < 1.29 is 9.18 Å². The standard InChI is InChI=1S/C11H9FN4O/c12-10-9(4-2-5-13-10)11(17)14-7-8-3-1-6-15-16-8/h1-6H,7H2,(H,14,17). The molecule has 6 heteroatoms. The molecule has 0 saturated heterocycles. The molecule has 0 aromatic carbocycles. The second kappa shape index (κ2) is 5.11. The predicted octanol–water partition coefficient (Wildman–Crippen LogP) is 0.941. The molecule has 0 saturated carbocycles. The molecule has 17 heavy (non-hydrogen) atoms. The molecule has 2 rings (SSSR count). The van der Waals surface area contributed by atoms with Gasteiger partial charge in [-0.2, -0.15) is 14.6 Å². The molecule has 0 fully saturated rings. The number of rotatable bonds is 3. The van der Waals surface area contributed by atoms with E-state index in [1.165, 1.54) is 24.5 Å². The van der Waals surface area contributed by atoms with E-state index in [0.717, 1.165) is 0 Å². The Morgan fingerprint density at radius 1 is 1.29 bits per heavy atom. The minimum atomic E-state index is -0.788. The number of carbonyl (C=O) groups is 1. The molecule has 0 spiro atoms. The molecule has 0 aliphatic carbocycles. The number of halogens is 1. The molecular formula is C11H9FN4O. The highest BCUT2D eigenvalue weighted by Gasteiger charge is 2.11. The third-order valence-corrected chi connectivity index (χ3v) is 2.06. The van der Waals surface area contributed by atoms with Crippen molar-refractivity contribution in [1.29, 1.82) is 0 Å². The van der Waals surface area contributed by atoms with Gasteiger partial charge >= 0.3 is 0 Å². The Morgan fingerprint density at radius 3 is 2.82 bits per heavy atom. The molecule has 86 valence electrons. The summed E-state index contributed by atoms with van der Waals surface area (Å²) in [5.41, 5.74) is 0.515. The molecule has 2 aromatic rings. The van der Waals surface area contributed by atoms with Crippen molar-refractivity contribution >= 4 is 5.91 Å². The largest absolute Gasteiger partial charge is 0.346 e. The van der Waals surface area contributed by atoms with Gasteiger partial charge in [0.15, 0.2) is 0 Å². The molecule has 0 unspecified atom stereocenters. The Kier molecular flexibility index (Phi) is 3.34. The highest BCUT2D eigenvalue weighted by atomic mass is 19.1. The van der Waals surface area contributed by atoms with Crippen molar-refractivity contribution in [2.24, 2.45) is 0 Å². The number of aromatic nitrogens is 3. The molecule has 1 amide bonds.